The molecule has 6 heteroatoms. The highest BCUT2D eigenvalue weighted by atomic mass is 35.5. The van der Waals surface area contributed by atoms with Crippen LogP contribution < -0.4 is 17.2 Å². The van der Waals surface area contributed by atoms with E-state index >= 15 is 0 Å². The van der Waals surface area contributed by atoms with E-state index in [0.29, 0.717) is 17.1 Å². The Morgan fingerprint density at radius 1 is 0.846 bits per heavy atom. The van der Waals surface area contributed by atoms with Gasteiger partial charge in [-0.3, -0.25) is 0 Å². The summed E-state index contributed by atoms with van der Waals surface area (Å²) in [5.74, 6) is 0. The molecule has 0 amide bonds. The maximum absolute atomic E-state index is 5.56. The number of hydrogen-bond acceptors (Lipinski definition) is 3. The average Bonchev–Trinajstić information content (AvgIpc) is 1.82. The molecule has 13 heavy (non-hydrogen) atoms. The van der Waals surface area contributed by atoms with Crippen LogP contribution in [0.3, 0.4) is 0 Å². The van der Waals surface area contributed by atoms with Gasteiger partial charge in [0.25, 0.3) is 0 Å². The van der Waals surface area contributed by atoms with Crippen LogP contribution in [0.2, 0.25) is 0 Å². The molecule has 0 unspecified atom stereocenters. The van der Waals surface area contributed by atoms with E-state index in [-0.39, 0.29) is 37.2 Å². The first-order chi connectivity index (χ1) is 4.61. The van der Waals surface area contributed by atoms with Gasteiger partial charge >= 0.3 is 0 Å². The van der Waals surface area contributed by atoms with Crippen molar-refractivity contribution < 1.29 is 0 Å². The van der Waals surface area contributed by atoms with Gasteiger partial charge in [0.2, 0.25) is 0 Å². The molecule has 78 valence electrons. The molecule has 0 aliphatic carbocycles. The summed E-state index contributed by atoms with van der Waals surface area (Å²) in [6, 6.07) is 3.40. The second-order valence-electron chi connectivity index (χ2n) is 2.32. The van der Waals surface area contributed by atoms with Gasteiger partial charge in [-0.2, -0.15) is 0 Å². The summed E-state index contributed by atoms with van der Waals surface area (Å²) in [7, 11) is 0. The van der Waals surface area contributed by atoms with E-state index in [0.717, 1.165) is 5.56 Å². The van der Waals surface area contributed by atoms with Gasteiger partial charge in [0.1, 0.15) is 0 Å². The first kappa shape index (κ1) is 18.3. The number of rotatable bonds is 0. The van der Waals surface area contributed by atoms with E-state index in [1.807, 2.05) is 6.92 Å². The zero-order valence-corrected chi connectivity index (χ0v) is 9.56. The lowest BCUT2D eigenvalue weighted by molar-refractivity contribution is 1.47. The molecule has 0 saturated carbocycles. The Hall–Kier alpha value is -0.510. The lowest BCUT2D eigenvalue weighted by Crippen LogP contribution is -1.98. The van der Waals surface area contributed by atoms with Gasteiger partial charge in [0.05, 0.1) is 0 Å². The molecule has 1 rings (SSSR count). The fourth-order valence-electron chi connectivity index (χ4n) is 0.784. The number of nitrogen functional groups attached to an aromatic ring is 3. The molecular weight excluding hydrogens is 232 g/mol. The highest BCUT2D eigenvalue weighted by Gasteiger charge is 1.97. The van der Waals surface area contributed by atoms with Crippen LogP contribution in [0, 0.1) is 6.92 Å². The summed E-state index contributed by atoms with van der Waals surface area (Å²) in [4.78, 5) is 0. The van der Waals surface area contributed by atoms with Crippen LogP contribution in [0.1, 0.15) is 5.56 Å². The Morgan fingerprint density at radius 3 is 1.46 bits per heavy atom. The van der Waals surface area contributed by atoms with Crippen LogP contribution in [0.4, 0.5) is 17.1 Å². The van der Waals surface area contributed by atoms with Gasteiger partial charge in [-0.05, 0) is 24.6 Å². The predicted octanol–water partition coefficient (Wildman–Crippen LogP) is 2.01. The molecule has 0 aliphatic heterocycles. The number of nitrogens with two attached hydrogens (primary N) is 3. The smallest absolute Gasteiger partial charge is 0.0385 e. The predicted molar refractivity (Wildman–Crippen MR) is 66.2 cm³/mol. The van der Waals surface area contributed by atoms with E-state index in [1.165, 1.54) is 0 Å². The SMILES string of the molecule is Cc1c(N)cc(N)cc1N.Cl.Cl.Cl. The molecule has 0 saturated heterocycles. The highest BCUT2D eigenvalue weighted by Crippen LogP contribution is 2.21. The van der Waals surface area contributed by atoms with E-state index in [2.05, 4.69) is 0 Å². The summed E-state index contributed by atoms with van der Waals surface area (Å²) in [5, 5.41) is 0. The summed E-state index contributed by atoms with van der Waals surface area (Å²) >= 11 is 0. The van der Waals surface area contributed by atoms with Gasteiger partial charge in [-0.15, -0.1) is 37.2 Å². The van der Waals surface area contributed by atoms with Gasteiger partial charge < -0.3 is 17.2 Å². The Morgan fingerprint density at radius 2 is 1.15 bits per heavy atom. The second kappa shape index (κ2) is 6.95. The van der Waals surface area contributed by atoms with E-state index in [9.17, 15) is 0 Å². The third-order valence-electron chi connectivity index (χ3n) is 1.51. The molecule has 0 heterocycles. The van der Waals surface area contributed by atoms with E-state index < -0.39 is 0 Å². The van der Waals surface area contributed by atoms with Gasteiger partial charge in [0, 0.05) is 17.1 Å². The zero-order chi connectivity index (χ0) is 7.72. The van der Waals surface area contributed by atoms with Crippen molar-refractivity contribution in [1.82, 2.24) is 0 Å². The van der Waals surface area contributed by atoms with Crippen LogP contribution in [0.25, 0.3) is 0 Å². The Bertz CT molecular complexity index is 242. The Kier molecular flexibility index (Phi) is 9.79. The van der Waals surface area contributed by atoms with Crippen LogP contribution >= 0.6 is 37.2 Å². The maximum Gasteiger partial charge on any atom is 0.0385 e. The van der Waals surface area contributed by atoms with Crippen LogP contribution in [-0.4, -0.2) is 0 Å². The number of hydrogen-bond donors (Lipinski definition) is 3. The van der Waals surface area contributed by atoms with Crippen LogP contribution in [-0.2, 0) is 0 Å². The molecule has 0 aromatic heterocycles. The zero-order valence-electron chi connectivity index (χ0n) is 7.11. The number of halogens is 3. The minimum absolute atomic E-state index is 0. The summed E-state index contributed by atoms with van der Waals surface area (Å²) < 4.78 is 0. The summed E-state index contributed by atoms with van der Waals surface area (Å²) in [6.07, 6.45) is 0. The molecule has 0 radical (unpaired) electrons. The topological polar surface area (TPSA) is 78.1 Å². The fourth-order valence-corrected chi connectivity index (χ4v) is 0.784. The molecular formula is C7H14Cl3N3. The fraction of sp³-hybridized carbons (Fsp3) is 0.143. The lowest BCUT2D eigenvalue weighted by atomic mass is 10.1. The largest absolute Gasteiger partial charge is 0.399 e. The third-order valence-corrected chi connectivity index (χ3v) is 1.51. The van der Waals surface area contributed by atoms with Crippen molar-refractivity contribution in [3.8, 4) is 0 Å². The lowest BCUT2D eigenvalue weighted by Gasteiger charge is -2.04. The van der Waals surface area contributed by atoms with Gasteiger partial charge in [-0.1, -0.05) is 0 Å². The van der Waals surface area contributed by atoms with E-state index in [1.54, 1.807) is 12.1 Å². The normalized spacial score (nSPS) is 7.46. The standard InChI is InChI=1S/C7H11N3.3ClH/c1-4-6(9)2-5(8)3-7(4)10;;;/h2-3H,8-10H2,1H3;3*1H. The maximum atomic E-state index is 5.56. The number of benzene rings is 1. The van der Waals surface area contributed by atoms with Crippen molar-refractivity contribution in [2.24, 2.45) is 0 Å². The molecule has 0 fully saturated rings. The summed E-state index contributed by atoms with van der Waals surface area (Å²) in [6.45, 7) is 1.87. The van der Waals surface area contributed by atoms with Gasteiger partial charge in [-0.25, -0.2) is 0 Å². The second-order valence-corrected chi connectivity index (χ2v) is 2.32. The van der Waals surface area contributed by atoms with Crippen molar-refractivity contribution >= 4 is 54.3 Å². The van der Waals surface area contributed by atoms with Crippen LogP contribution in [0.5, 0.6) is 0 Å². The molecule has 1 aromatic carbocycles. The minimum Gasteiger partial charge on any atom is -0.399 e. The van der Waals surface area contributed by atoms with Crippen molar-refractivity contribution in [2.45, 2.75) is 6.92 Å². The third kappa shape index (κ3) is 4.31. The Labute approximate surface area is 96.3 Å². The van der Waals surface area contributed by atoms with Crippen molar-refractivity contribution in [3.63, 3.8) is 0 Å². The molecule has 6 N–H and O–H groups in total. The molecule has 0 bridgehead atoms. The molecule has 1 aromatic rings. The summed E-state index contributed by atoms with van der Waals surface area (Å²) in [5.41, 5.74) is 19.4. The quantitative estimate of drug-likeness (QED) is 0.613. The Balaban J connectivity index is -0.000000333. The highest BCUT2D eigenvalue weighted by molar-refractivity contribution is 5.86. The van der Waals surface area contributed by atoms with Gasteiger partial charge in [0.15, 0.2) is 0 Å². The van der Waals surface area contributed by atoms with Crippen molar-refractivity contribution in [3.05, 3.63) is 17.7 Å². The average molecular weight is 247 g/mol. The molecule has 0 aliphatic rings. The molecule has 0 spiro atoms. The van der Waals surface area contributed by atoms with Crippen molar-refractivity contribution in [1.29, 1.82) is 0 Å². The minimum atomic E-state index is 0. The first-order valence-corrected chi connectivity index (χ1v) is 3.02. The van der Waals surface area contributed by atoms with Crippen molar-refractivity contribution in [2.75, 3.05) is 17.2 Å². The molecule has 3 nitrogen and oxygen atoms in total. The number of anilines is 3. The van der Waals surface area contributed by atoms with Crippen LogP contribution in [0.15, 0.2) is 12.1 Å². The monoisotopic (exact) mass is 245 g/mol. The molecule has 0 atom stereocenters. The first-order valence-electron chi connectivity index (χ1n) is 3.02. The van der Waals surface area contributed by atoms with E-state index in [4.69, 9.17) is 17.2 Å².